The van der Waals surface area contributed by atoms with Crippen LogP contribution in [0, 0.1) is 11.7 Å². The third kappa shape index (κ3) is 4.67. The number of aliphatic carboxylic acids is 1. The molecule has 0 heterocycles. The quantitative estimate of drug-likeness (QED) is 0.757. The van der Waals surface area contributed by atoms with Crippen LogP contribution in [-0.2, 0) is 11.3 Å². The van der Waals surface area contributed by atoms with Crippen LogP contribution in [0.2, 0.25) is 0 Å². The molecule has 1 N–H and O–H groups in total. The topological polar surface area (TPSA) is 40.5 Å². The zero-order chi connectivity index (χ0) is 13.5. The highest BCUT2D eigenvalue weighted by Gasteiger charge is 2.15. The van der Waals surface area contributed by atoms with Crippen molar-refractivity contribution in [2.24, 2.45) is 5.92 Å². The van der Waals surface area contributed by atoms with Crippen LogP contribution in [0.15, 0.2) is 36.9 Å². The van der Waals surface area contributed by atoms with Gasteiger partial charge >= 0.3 is 5.97 Å². The molecule has 0 aromatic heterocycles. The first-order chi connectivity index (χ1) is 8.52. The smallest absolute Gasteiger partial charge is 0.307 e. The molecule has 0 saturated carbocycles. The summed E-state index contributed by atoms with van der Waals surface area (Å²) in [6.45, 7) is 6.97. The molecule has 1 aromatic carbocycles. The van der Waals surface area contributed by atoms with Crippen LogP contribution in [0.5, 0.6) is 0 Å². The average molecular weight is 251 g/mol. The number of benzene rings is 1. The summed E-state index contributed by atoms with van der Waals surface area (Å²) in [4.78, 5) is 12.8. The maximum absolute atomic E-state index is 12.8. The summed E-state index contributed by atoms with van der Waals surface area (Å²) < 4.78 is 12.8. The fourth-order valence-electron chi connectivity index (χ4n) is 1.70. The van der Waals surface area contributed by atoms with Gasteiger partial charge in [0, 0.05) is 19.6 Å². The van der Waals surface area contributed by atoms with E-state index in [1.807, 2.05) is 4.90 Å². The molecule has 0 aliphatic carbocycles. The predicted octanol–water partition coefficient (Wildman–Crippen LogP) is 2.53. The molecule has 98 valence electrons. The Morgan fingerprint density at radius 3 is 2.61 bits per heavy atom. The summed E-state index contributed by atoms with van der Waals surface area (Å²) in [7, 11) is 0. The van der Waals surface area contributed by atoms with Crippen molar-refractivity contribution in [3.05, 3.63) is 48.3 Å². The lowest BCUT2D eigenvalue weighted by Crippen LogP contribution is -2.31. The monoisotopic (exact) mass is 251 g/mol. The third-order valence-corrected chi connectivity index (χ3v) is 2.66. The summed E-state index contributed by atoms with van der Waals surface area (Å²) in [5.74, 6) is -1.53. The second kappa shape index (κ2) is 6.91. The van der Waals surface area contributed by atoms with E-state index in [0.29, 0.717) is 19.6 Å². The molecule has 0 radical (unpaired) electrons. The van der Waals surface area contributed by atoms with E-state index in [0.717, 1.165) is 5.56 Å². The molecule has 0 aliphatic heterocycles. The molecule has 4 heteroatoms. The van der Waals surface area contributed by atoms with Gasteiger partial charge in [-0.3, -0.25) is 9.69 Å². The van der Waals surface area contributed by atoms with Crippen LogP contribution in [0.4, 0.5) is 4.39 Å². The first-order valence-electron chi connectivity index (χ1n) is 5.83. The number of nitrogens with zero attached hydrogens (tertiary/aromatic N) is 1. The van der Waals surface area contributed by atoms with Crippen molar-refractivity contribution in [3.63, 3.8) is 0 Å². The van der Waals surface area contributed by atoms with Gasteiger partial charge in [0.1, 0.15) is 5.82 Å². The summed E-state index contributed by atoms with van der Waals surface area (Å²) >= 11 is 0. The normalized spacial score (nSPS) is 12.4. The Kier molecular flexibility index (Phi) is 5.52. The number of rotatable bonds is 7. The van der Waals surface area contributed by atoms with Crippen LogP contribution in [0.1, 0.15) is 12.5 Å². The maximum atomic E-state index is 12.8. The van der Waals surface area contributed by atoms with E-state index < -0.39 is 11.9 Å². The number of halogens is 1. The molecule has 1 aromatic rings. The number of carboxylic acids is 1. The van der Waals surface area contributed by atoms with Gasteiger partial charge in [-0.25, -0.2) is 4.39 Å². The first kappa shape index (κ1) is 14.4. The van der Waals surface area contributed by atoms with Crippen LogP contribution in [-0.4, -0.2) is 29.1 Å². The van der Waals surface area contributed by atoms with Gasteiger partial charge in [-0.05, 0) is 17.7 Å². The molecule has 1 unspecified atom stereocenters. The minimum absolute atomic E-state index is 0.270. The van der Waals surface area contributed by atoms with Gasteiger partial charge in [-0.1, -0.05) is 25.1 Å². The van der Waals surface area contributed by atoms with Crippen LogP contribution < -0.4 is 0 Å². The standard InChI is InChI=1S/C14H18FNO2/c1-3-8-16(9-11(2)14(17)18)10-12-4-6-13(15)7-5-12/h3-7,11H,1,8-10H2,2H3,(H,17,18). The molecular weight excluding hydrogens is 233 g/mol. The van der Waals surface area contributed by atoms with Gasteiger partial charge in [0.2, 0.25) is 0 Å². The Morgan fingerprint density at radius 2 is 2.11 bits per heavy atom. The lowest BCUT2D eigenvalue weighted by Gasteiger charge is -2.22. The lowest BCUT2D eigenvalue weighted by molar-refractivity contribution is -0.141. The molecule has 0 fully saturated rings. The Labute approximate surface area is 107 Å². The number of hydrogen-bond donors (Lipinski definition) is 1. The van der Waals surface area contributed by atoms with E-state index in [4.69, 9.17) is 5.11 Å². The SMILES string of the molecule is C=CCN(Cc1ccc(F)cc1)CC(C)C(=O)O. The molecule has 1 atom stereocenters. The van der Waals surface area contributed by atoms with Crippen molar-refractivity contribution < 1.29 is 14.3 Å². The molecule has 18 heavy (non-hydrogen) atoms. The Hall–Kier alpha value is -1.68. The third-order valence-electron chi connectivity index (χ3n) is 2.66. The maximum Gasteiger partial charge on any atom is 0.307 e. The summed E-state index contributed by atoms with van der Waals surface area (Å²) in [6, 6.07) is 6.22. The molecular formula is C14H18FNO2. The van der Waals surface area contributed by atoms with E-state index in [-0.39, 0.29) is 5.82 Å². The van der Waals surface area contributed by atoms with Crippen molar-refractivity contribution in [2.75, 3.05) is 13.1 Å². The minimum Gasteiger partial charge on any atom is -0.481 e. The summed E-state index contributed by atoms with van der Waals surface area (Å²) in [6.07, 6.45) is 1.73. The van der Waals surface area contributed by atoms with Crippen molar-refractivity contribution in [3.8, 4) is 0 Å². The van der Waals surface area contributed by atoms with E-state index in [1.165, 1.54) is 12.1 Å². The molecule has 1 rings (SSSR count). The Morgan fingerprint density at radius 1 is 1.50 bits per heavy atom. The Balaban J connectivity index is 2.64. The van der Waals surface area contributed by atoms with Crippen LogP contribution in [0.25, 0.3) is 0 Å². The summed E-state index contributed by atoms with van der Waals surface area (Å²) in [5.41, 5.74) is 0.954. The van der Waals surface area contributed by atoms with Gasteiger partial charge < -0.3 is 5.11 Å². The van der Waals surface area contributed by atoms with Gasteiger partial charge in [0.25, 0.3) is 0 Å². The molecule has 3 nitrogen and oxygen atoms in total. The Bertz CT molecular complexity index is 403. The molecule has 0 amide bonds. The fourth-order valence-corrected chi connectivity index (χ4v) is 1.70. The van der Waals surface area contributed by atoms with Crippen molar-refractivity contribution in [1.82, 2.24) is 4.90 Å². The van der Waals surface area contributed by atoms with Crippen molar-refractivity contribution >= 4 is 5.97 Å². The van der Waals surface area contributed by atoms with Crippen molar-refractivity contribution in [1.29, 1.82) is 0 Å². The number of carboxylic acid groups (broad SMARTS) is 1. The van der Waals surface area contributed by atoms with E-state index in [1.54, 1.807) is 25.1 Å². The first-order valence-corrected chi connectivity index (χ1v) is 5.83. The highest BCUT2D eigenvalue weighted by molar-refractivity contribution is 5.69. The molecule has 0 bridgehead atoms. The van der Waals surface area contributed by atoms with E-state index >= 15 is 0 Å². The van der Waals surface area contributed by atoms with Crippen LogP contribution in [0.3, 0.4) is 0 Å². The molecule has 0 aliphatic rings. The van der Waals surface area contributed by atoms with E-state index in [9.17, 15) is 9.18 Å². The number of hydrogen-bond acceptors (Lipinski definition) is 2. The van der Waals surface area contributed by atoms with E-state index in [2.05, 4.69) is 6.58 Å². The minimum atomic E-state index is -0.817. The fraction of sp³-hybridized carbons (Fsp3) is 0.357. The highest BCUT2D eigenvalue weighted by Crippen LogP contribution is 2.09. The summed E-state index contributed by atoms with van der Waals surface area (Å²) in [5, 5.41) is 8.90. The van der Waals surface area contributed by atoms with Crippen molar-refractivity contribution in [2.45, 2.75) is 13.5 Å². The highest BCUT2D eigenvalue weighted by atomic mass is 19.1. The zero-order valence-corrected chi connectivity index (χ0v) is 10.5. The average Bonchev–Trinajstić information content (AvgIpc) is 2.32. The predicted molar refractivity (Wildman–Crippen MR) is 68.7 cm³/mol. The van der Waals surface area contributed by atoms with Gasteiger partial charge in [-0.2, -0.15) is 0 Å². The van der Waals surface area contributed by atoms with Gasteiger partial charge in [0.15, 0.2) is 0 Å². The van der Waals surface area contributed by atoms with Gasteiger partial charge in [0.05, 0.1) is 5.92 Å². The largest absolute Gasteiger partial charge is 0.481 e. The van der Waals surface area contributed by atoms with Crippen LogP contribution >= 0.6 is 0 Å². The second-order valence-electron chi connectivity index (χ2n) is 4.35. The molecule has 0 spiro atoms. The number of carbonyl (C=O) groups is 1. The lowest BCUT2D eigenvalue weighted by atomic mass is 10.1. The van der Waals surface area contributed by atoms with Gasteiger partial charge in [-0.15, -0.1) is 6.58 Å². The second-order valence-corrected chi connectivity index (χ2v) is 4.35. The molecule has 0 saturated heterocycles. The zero-order valence-electron chi connectivity index (χ0n) is 10.5.